The van der Waals surface area contributed by atoms with Crippen molar-refractivity contribution >= 4 is 0 Å². The first-order valence-corrected chi connectivity index (χ1v) is 5.95. The molecule has 100 valence electrons. The van der Waals surface area contributed by atoms with E-state index in [4.69, 9.17) is 4.74 Å². The standard InChI is InChI=1S/C14H16N2O3/c1-9-4-5-12(19-3)11(6-9)8-16-7-10(2)13(17)15-14(16)18/h4-7H,8H2,1-3H3,(H,15,17,18). The van der Waals surface area contributed by atoms with Gasteiger partial charge in [-0.2, -0.15) is 0 Å². The Morgan fingerprint density at radius 2 is 2.00 bits per heavy atom. The zero-order valence-corrected chi connectivity index (χ0v) is 11.2. The van der Waals surface area contributed by atoms with Crippen molar-refractivity contribution < 1.29 is 4.74 Å². The summed E-state index contributed by atoms with van der Waals surface area (Å²) < 4.78 is 6.75. The molecule has 1 heterocycles. The molecule has 1 N–H and O–H groups in total. The van der Waals surface area contributed by atoms with E-state index in [0.29, 0.717) is 12.1 Å². The average molecular weight is 260 g/mol. The van der Waals surface area contributed by atoms with Crippen molar-refractivity contribution in [3.63, 3.8) is 0 Å². The number of hydrogen-bond acceptors (Lipinski definition) is 3. The molecule has 2 aromatic rings. The molecule has 0 bridgehead atoms. The number of methoxy groups -OCH3 is 1. The Balaban J connectivity index is 2.47. The molecular formula is C14H16N2O3. The van der Waals surface area contributed by atoms with Crippen molar-refractivity contribution in [3.8, 4) is 5.75 Å². The number of rotatable bonds is 3. The molecule has 2 rings (SSSR count). The van der Waals surface area contributed by atoms with Crippen LogP contribution in [0, 0.1) is 13.8 Å². The summed E-state index contributed by atoms with van der Waals surface area (Å²) in [5.41, 5.74) is 1.73. The summed E-state index contributed by atoms with van der Waals surface area (Å²) >= 11 is 0. The molecule has 5 nitrogen and oxygen atoms in total. The molecule has 1 aromatic heterocycles. The molecule has 0 saturated heterocycles. The lowest BCUT2D eigenvalue weighted by molar-refractivity contribution is 0.408. The number of aryl methyl sites for hydroxylation is 2. The van der Waals surface area contributed by atoms with Crippen molar-refractivity contribution in [2.75, 3.05) is 7.11 Å². The summed E-state index contributed by atoms with van der Waals surface area (Å²) in [5, 5.41) is 0. The number of benzene rings is 1. The van der Waals surface area contributed by atoms with E-state index >= 15 is 0 Å². The van der Waals surface area contributed by atoms with Gasteiger partial charge in [0.1, 0.15) is 5.75 Å². The van der Waals surface area contributed by atoms with Gasteiger partial charge in [-0.1, -0.05) is 17.7 Å². The molecule has 0 spiro atoms. The Kier molecular flexibility index (Phi) is 3.55. The Labute approximate surface area is 110 Å². The van der Waals surface area contributed by atoms with E-state index in [1.165, 1.54) is 4.57 Å². The molecule has 0 aliphatic heterocycles. The van der Waals surface area contributed by atoms with Crippen molar-refractivity contribution in [2.24, 2.45) is 0 Å². The molecule has 1 aromatic carbocycles. The van der Waals surface area contributed by atoms with E-state index in [2.05, 4.69) is 4.98 Å². The van der Waals surface area contributed by atoms with Crippen LogP contribution in [0.2, 0.25) is 0 Å². The molecule has 5 heteroatoms. The third-order valence-corrected chi connectivity index (χ3v) is 2.97. The summed E-state index contributed by atoms with van der Waals surface area (Å²) in [6, 6.07) is 5.78. The van der Waals surface area contributed by atoms with Crippen molar-refractivity contribution in [2.45, 2.75) is 20.4 Å². The fourth-order valence-electron chi connectivity index (χ4n) is 1.95. The van der Waals surface area contributed by atoms with Gasteiger partial charge >= 0.3 is 5.69 Å². The van der Waals surface area contributed by atoms with Crippen LogP contribution in [0.5, 0.6) is 5.75 Å². The first kappa shape index (κ1) is 13.1. The van der Waals surface area contributed by atoms with E-state index in [-0.39, 0.29) is 5.56 Å². The fraction of sp³-hybridized carbons (Fsp3) is 0.286. The van der Waals surface area contributed by atoms with Crippen LogP contribution in [0.1, 0.15) is 16.7 Å². The minimum absolute atomic E-state index is 0.350. The molecule has 0 fully saturated rings. The number of H-pyrrole nitrogens is 1. The normalized spacial score (nSPS) is 10.5. The van der Waals surface area contributed by atoms with Gasteiger partial charge in [-0.05, 0) is 19.9 Å². The lowest BCUT2D eigenvalue weighted by Crippen LogP contribution is -2.31. The van der Waals surface area contributed by atoms with E-state index in [0.717, 1.165) is 16.9 Å². The van der Waals surface area contributed by atoms with Gasteiger partial charge in [0.2, 0.25) is 0 Å². The number of aromatic nitrogens is 2. The van der Waals surface area contributed by atoms with Crippen LogP contribution in [-0.4, -0.2) is 16.7 Å². The van der Waals surface area contributed by atoms with Gasteiger partial charge in [-0.25, -0.2) is 4.79 Å². The largest absolute Gasteiger partial charge is 0.496 e. The van der Waals surface area contributed by atoms with E-state index in [1.54, 1.807) is 20.2 Å². The highest BCUT2D eigenvalue weighted by Gasteiger charge is 2.07. The predicted octanol–water partition coefficient (Wildman–Crippen LogP) is 1.21. The lowest BCUT2D eigenvalue weighted by Gasteiger charge is -2.11. The molecule has 0 amide bonds. The van der Waals surface area contributed by atoms with Gasteiger partial charge in [0, 0.05) is 17.3 Å². The SMILES string of the molecule is COc1ccc(C)cc1Cn1cc(C)c(=O)[nH]c1=O. The predicted molar refractivity (Wildman–Crippen MR) is 72.9 cm³/mol. The van der Waals surface area contributed by atoms with Crippen LogP contribution in [0.25, 0.3) is 0 Å². The van der Waals surface area contributed by atoms with Crippen molar-refractivity contribution in [1.82, 2.24) is 9.55 Å². The van der Waals surface area contributed by atoms with Crippen LogP contribution in [0.15, 0.2) is 34.0 Å². The third kappa shape index (κ3) is 2.76. The molecule has 0 aliphatic rings. The summed E-state index contributed by atoms with van der Waals surface area (Å²) in [4.78, 5) is 25.4. The highest BCUT2D eigenvalue weighted by Crippen LogP contribution is 2.20. The summed E-state index contributed by atoms with van der Waals surface area (Å²) in [6.07, 6.45) is 1.56. The minimum Gasteiger partial charge on any atom is -0.496 e. The highest BCUT2D eigenvalue weighted by atomic mass is 16.5. The quantitative estimate of drug-likeness (QED) is 0.902. The maximum Gasteiger partial charge on any atom is 0.328 e. The second-order valence-electron chi connectivity index (χ2n) is 4.51. The Bertz CT molecular complexity index is 713. The van der Waals surface area contributed by atoms with Crippen molar-refractivity contribution in [1.29, 1.82) is 0 Å². The summed E-state index contributed by atoms with van der Waals surface area (Å²) in [7, 11) is 1.59. The van der Waals surface area contributed by atoms with Crippen molar-refractivity contribution in [3.05, 3.63) is 61.9 Å². The molecule has 0 saturated carbocycles. The maximum absolute atomic E-state index is 11.7. The number of hydrogen-bond donors (Lipinski definition) is 1. The third-order valence-electron chi connectivity index (χ3n) is 2.97. The molecule has 19 heavy (non-hydrogen) atoms. The first-order valence-electron chi connectivity index (χ1n) is 5.95. The Morgan fingerprint density at radius 1 is 1.26 bits per heavy atom. The van der Waals surface area contributed by atoms with E-state index in [1.807, 2.05) is 25.1 Å². The minimum atomic E-state index is -0.417. The second-order valence-corrected chi connectivity index (χ2v) is 4.51. The lowest BCUT2D eigenvalue weighted by atomic mass is 10.1. The van der Waals surface area contributed by atoms with E-state index in [9.17, 15) is 9.59 Å². The Morgan fingerprint density at radius 3 is 2.68 bits per heavy atom. The molecule has 0 radical (unpaired) electrons. The average Bonchev–Trinajstić information content (AvgIpc) is 2.36. The highest BCUT2D eigenvalue weighted by molar-refractivity contribution is 5.37. The Hall–Kier alpha value is -2.30. The van der Waals surface area contributed by atoms with Gasteiger partial charge in [0.25, 0.3) is 5.56 Å². The first-order chi connectivity index (χ1) is 9.01. The van der Waals surface area contributed by atoms with Crippen LogP contribution in [0.4, 0.5) is 0 Å². The number of ether oxygens (including phenoxy) is 1. The van der Waals surface area contributed by atoms with Gasteiger partial charge in [0.05, 0.1) is 13.7 Å². The summed E-state index contributed by atoms with van der Waals surface area (Å²) in [5.74, 6) is 0.723. The maximum atomic E-state index is 11.7. The molecule has 0 atom stereocenters. The van der Waals surface area contributed by atoms with Crippen LogP contribution in [-0.2, 0) is 6.54 Å². The van der Waals surface area contributed by atoms with Gasteiger partial charge in [0.15, 0.2) is 0 Å². The van der Waals surface area contributed by atoms with Crippen LogP contribution in [0.3, 0.4) is 0 Å². The van der Waals surface area contributed by atoms with Crippen LogP contribution >= 0.6 is 0 Å². The van der Waals surface area contributed by atoms with E-state index < -0.39 is 5.69 Å². The number of nitrogens with one attached hydrogen (secondary N) is 1. The molecule has 0 unspecified atom stereocenters. The second kappa shape index (κ2) is 5.14. The van der Waals surface area contributed by atoms with Gasteiger partial charge in [-0.15, -0.1) is 0 Å². The monoisotopic (exact) mass is 260 g/mol. The fourth-order valence-corrected chi connectivity index (χ4v) is 1.95. The number of aromatic amines is 1. The van der Waals surface area contributed by atoms with Gasteiger partial charge in [-0.3, -0.25) is 14.3 Å². The summed E-state index contributed by atoms with van der Waals surface area (Å²) in [6.45, 7) is 4.01. The molecular weight excluding hydrogens is 244 g/mol. The van der Waals surface area contributed by atoms with Gasteiger partial charge < -0.3 is 4.74 Å². The topological polar surface area (TPSA) is 64.1 Å². The number of nitrogens with zero attached hydrogens (tertiary/aromatic N) is 1. The molecule has 0 aliphatic carbocycles. The zero-order chi connectivity index (χ0) is 14.0. The smallest absolute Gasteiger partial charge is 0.328 e. The van der Waals surface area contributed by atoms with Crippen LogP contribution < -0.4 is 16.0 Å². The zero-order valence-electron chi connectivity index (χ0n) is 11.2.